The third-order valence-electron chi connectivity index (χ3n) is 4.25. The predicted octanol–water partition coefficient (Wildman–Crippen LogP) is 5.07. The van der Waals surface area contributed by atoms with Crippen LogP contribution in [0.3, 0.4) is 0 Å². The van der Waals surface area contributed by atoms with Gasteiger partial charge in [-0.05, 0) is 44.0 Å². The molecular formula is C21H20N4. The van der Waals surface area contributed by atoms with Crippen molar-refractivity contribution in [2.45, 2.75) is 20.8 Å². The zero-order chi connectivity index (χ0) is 17.4. The van der Waals surface area contributed by atoms with E-state index in [-0.39, 0.29) is 0 Å². The van der Waals surface area contributed by atoms with Crippen LogP contribution in [0.25, 0.3) is 16.8 Å². The topological polar surface area (TPSA) is 42.2 Å². The van der Waals surface area contributed by atoms with Gasteiger partial charge in [-0.2, -0.15) is 9.61 Å². The summed E-state index contributed by atoms with van der Waals surface area (Å²) >= 11 is 0. The van der Waals surface area contributed by atoms with Gasteiger partial charge in [0.1, 0.15) is 5.82 Å². The van der Waals surface area contributed by atoms with Gasteiger partial charge in [0.2, 0.25) is 0 Å². The molecule has 0 aliphatic heterocycles. The van der Waals surface area contributed by atoms with E-state index in [0.717, 1.165) is 34.0 Å². The fourth-order valence-corrected chi connectivity index (χ4v) is 2.98. The Balaban J connectivity index is 1.82. The highest BCUT2D eigenvalue weighted by atomic mass is 15.3. The highest BCUT2D eigenvalue weighted by Gasteiger charge is 2.12. The first kappa shape index (κ1) is 15.4. The summed E-state index contributed by atoms with van der Waals surface area (Å²) in [7, 11) is 0. The van der Waals surface area contributed by atoms with Crippen LogP contribution >= 0.6 is 0 Å². The minimum atomic E-state index is 0.860. The van der Waals surface area contributed by atoms with Crippen molar-refractivity contribution in [3.8, 4) is 11.1 Å². The fourth-order valence-electron chi connectivity index (χ4n) is 2.98. The molecule has 0 saturated heterocycles. The van der Waals surface area contributed by atoms with Crippen molar-refractivity contribution in [1.82, 2.24) is 14.6 Å². The molecule has 0 bridgehead atoms. The molecule has 124 valence electrons. The van der Waals surface area contributed by atoms with Gasteiger partial charge in [0.05, 0.1) is 6.20 Å². The number of anilines is 2. The minimum absolute atomic E-state index is 0.860. The number of fused-ring (bicyclic) bond motifs is 1. The average molecular weight is 328 g/mol. The standard InChI is InChI=1S/C21H20N4/c1-14-7-9-17(10-8-14)19-13-22-25-20(12-16(3)23-21(19)25)24-18-6-4-5-15(2)11-18/h4-13,24H,1-3H3. The van der Waals surface area contributed by atoms with Crippen LogP contribution in [-0.4, -0.2) is 14.6 Å². The van der Waals surface area contributed by atoms with Gasteiger partial charge in [-0.3, -0.25) is 0 Å². The van der Waals surface area contributed by atoms with Crippen molar-refractivity contribution in [2.75, 3.05) is 5.32 Å². The van der Waals surface area contributed by atoms with E-state index < -0.39 is 0 Å². The van der Waals surface area contributed by atoms with Gasteiger partial charge >= 0.3 is 0 Å². The Morgan fingerprint density at radius 2 is 1.68 bits per heavy atom. The lowest BCUT2D eigenvalue weighted by atomic mass is 10.1. The molecule has 0 unspecified atom stereocenters. The molecule has 0 atom stereocenters. The number of rotatable bonds is 3. The number of nitrogens with one attached hydrogen (secondary N) is 1. The Morgan fingerprint density at radius 1 is 0.880 bits per heavy atom. The Labute approximate surface area is 147 Å². The molecule has 0 aliphatic carbocycles. The van der Waals surface area contributed by atoms with E-state index in [2.05, 4.69) is 66.7 Å². The summed E-state index contributed by atoms with van der Waals surface area (Å²) in [5.41, 5.74) is 7.48. The third kappa shape index (κ3) is 2.98. The first-order chi connectivity index (χ1) is 12.1. The number of aromatic nitrogens is 3. The summed E-state index contributed by atoms with van der Waals surface area (Å²) in [5, 5.41) is 8.03. The van der Waals surface area contributed by atoms with Crippen molar-refractivity contribution in [3.63, 3.8) is 0 Å². The SMILES string of the molecule is Cc1ccc(-c2cnn3c(Nc4cccc(C)c4)cc(C)nc23)cc1. The summed E-state index contributed by atoms with van der Waals surface area (Å²) in [4.78, 5) is 4.71. The molecule has 2 heterocycles. The van der Waals surface area contributed by atoms with E-state index in [1.807, 2.05) is 29.8 Å². The molecule has 0 fully saturated rings. The van der Waals surface area contributed by atoms with E-state index >= 15 is 0 Å². The normalized spacial score (nSPS) is 11.0. The lowest BCUT2D eigenvalue weighted by Gasteiger charge is -2.10. The number of aryl methyl sites for hydroxylation is 3. The highest BCUT2D eigenvalue weighted by molar-refractivity contribution is 5.78. The van der Waals surface area contributed by atoms with Crippen LogP contribution in [0.1, 0.15) is 16.8 Å². The van der Waals surface area contributed by atoms with Crippen molar-refractivity contribution in [2.24, 2.45) is 0 Å². The maximum atomic E-state index is 4.71. The number of benzene rings is 2. The van der Waals surface area contributed by atoms with E-state index in [0.29, 0.717) is 0 Å². The number of hydrogen-bond donors (Lipinski definition) is 1. The van der Waals surface area contributed by atoms with Crippen molar-refractivity contribution >= 4 is 17.2 Å². The molecule has 0 spiro atoms. The van der Waals surface area contributed by atoms with Gasteiger partial charge in [-0.15, -0.1) is 0 Å². The van der Waals surface area contributed by atoms with E-state index in [9.17, 15) is 0 Å². The van der Waals surface area contributed by atoms with Gasteiger partial charge < -0.3 is 5.32 Å². The quantitative estimate of drug-likeness (QED) is 0.571. The maximum Gasteiger partial charge on any atom is 0.165 e. The van der Waals surface area contributed by atoms with Crippen LogP contribution in [-0.2, 0) is 0 Å². The smallest absolute Gasteiger partial charge is 0.165 e. The second-order valence-electron chi connectivity index (χ2n) is 6.44. The summed E-state index contributed by atoms with van der Waals surface area (Å²) in [6.07, 6.45) is 1.88. The Bertz CT molecular complexity index is 1050. The van der Waals surface area contributed by atoms with Gasteiger partial charge in [0, 0.05) is 23.0 Å². The maximum absolute atomic E-state index is 4.71. The largest absolute Gasteiger partial charge is 0.340 e. The van der Waals surface area contributed by atoms with Crippen molar-refractivity contribution < 1.29 is 0 Å². The summed E-state index contributed by atoms with van der Waals surface area (Å²) in [6, 6.07) is 18.8. The lowest BCUT2D eigenvalue weighted by Crippen LogP contribution is -2.02. The molecule has 4 nitrogen and oxygen atoms in total. The van der Waals surface area contributed by atoms with Crippen LogP contribution < -0.4 is 5.32 Å². The van der Waals surface area contributed by atoms with Gasteiger partial charge in [-0.1, -0.05) is 42.0 Å². The second kappa shape index (κ2) is 6.06. The first-order valence-corrected chi connectivity index (χ1v) is 8.36. The van der Waals surface area contributed by atoms with E-state index in [1.165, 1.54) is 11.1 Å². The molecule has 2 aromatic heterocycles. The predicted molar refractivity (Wildman–Crippen MR) is 102 cm³/mol. The van der Waals surface area contributed by atoms with Crippen LogP contribution in [0.15, 0.2) is 60.8 Å². The Hall–Kier alpha value is -3.14. The molecule has 2 aromatic carbocycles. The van der Waals surface area contributed by atoms with Crippen LogP contribution in [0.4, 0.5) is 11.5 Å². The molecular weight excluding hydrogens is 308 g/mol. The van der Waals surface area contributed by atoms with Gasteiger partial charge in [0.25, 0.3) is 0 Å². The van der Waals surface area contributed by atoms with Crippen molar-refractivity contribution in [3.05, 3.63) is 77.6 Å². The molecule has 4 heteroatoms. The van der Waals surface area contributed by atoms with E-state index in [4.69, 9.17) is 4.98 Å². The zero-order valence-corrected chi connectivity index (χ0v) is 14.6. The molecule has 0 saturated carbocycles. The first-order valence-electron chi connectivity index (χ1n) is 8.36. The fraction of sp³-hybridized carbons (Fsp3) is 0.143. The number of nitrogens with zero attached hydrogens (tertiary/aromatic N) is 3. The van der Waals surface area contributed by atoms with Gasteiger partial charge in [-0.25, -0.2) is 4.98 Å². The molecule has 0 radical (unpaired) electrons. The van der Waals surface area contributed by atoms with Gasteiger partial charge in [0.15, 0.2) is 5.65 Å². The lowest BCUT2D eigenvalue weighted by molar-refractivity contribution is 0.938. The zero-order valence-electron chi connectivity index (χ0n) is 14.6. The monoisotopic (exact) mass is 328 g/mol. The van der Waals surface area contributed by atoms with Crippen LogP contribution in [0.2, 0.25) is 0 Å². The van der Waals surface area contributed by atoms with Crippen LogP contribution in [0, 0.1) is 20.8 Å². The molecule has 25 heavy (non-hydrogen) atoms. The molecule has 0 amide bonds. The molecule has 4 rings (SSSR count). The number of hydrogen-bond acceptors (Lipinski definition) is 3. The Kier molecular flexibility index (Phi) is 3.73. The minimum Gasteiger partial charge on any atom is -0.340 e. The molecule has 4 aromatic rings. The third-order valence-corrected chi connectivity index (χ3v) is 4.25. The van der Waals surface area contributed by atoms with Crippen LogP contribution in [0.5, 0.6) is 0 Å². The molecule has 0 aliphatic rings. The Morgan fingerprint density at radius 3 is 2.44 bits per heavy atom. The summed E-state index contributed by atoms with van der Waals surface area (Å²) in [6.45, 7) is 6.18. The highest BCUT2D eigenvalue weighted by Crippen LogP contribution is 2.27. The van der Waals surface area contributed by atoms with Crippen molar-refractivity contribution in [1.29, 1.82) is 0 Å². The summed E-state index contributed by atoms with van der Waals surface area (Å²) < 4.78 is 1.87. The summed E-state index contributed by atoms with van der Waals surface area (Å²) in [5.74, 6) is 0.909. The second-order valence-corrected chi connectivity index (χ2v) is 6.44. The molecule has 1 N–H and O–H groups in total. The van der Waals surface area contributed by atoms with E-state index in [1.54, 1.807) is 0 Å². The average Bonchev–Trinajstić information content (AvgIpc) is 2.99.